The van der Waals surface area contributed by atoms with Gasteiger partial charge in [-0.05, 0) is 72.1 Å². The van der Waals surface area contributed by atoms with E-state index in [0.717, 1.165) is 29.6 Å². The van der Waals surface area contributed by atoms with E-state index in [4.69, 9.17) is 4.42 Å². The molecule has 0 aliphatic heterocycles. The molecule has 0 saturated heterocycles. The van der Waals surface area contributed by atoms with E-state index in [0.29, 0.717) is 5.58 Å². The molecule has 22 heavy (non-hydrogen) atoms. The van der Waals surface area contributed by atoms with Gasteiger partial charge in [0.1, 0.15) is 5.58 Å². The normalized spacial score (nSPS) is 11.5. The van der Waals surface area contributed by atoms with Gasteiger partial charge in [0.25, 0.3) is 0 Å². The van der Waals surface area contributed by atoms with Gasteiger partial charge >= 0.3 is 5.63 Å². The third-order valence-electron chi connectivity index (χ3n) is 3.92. The predicted octanol–water partition coefficient (Wildman–Crippen LogP) is 4.10. The molecule has 0 unspecified atom stereocenters. The second kappa shape index (κ2) is 6.07. The smallest absolute Gasteiger partial charge is 0.336 e. The third-order valence-corrected chi connectivity index (χ3v) is 4.65. The highest BCUT2D eigenvalue weighted by Gasteiger charge is 2.10. The van der Waals surface area contributed by atoms with Gasteiger partial charge in [-0.25, -0.2) is 4.79 Å². The standard InChI is InChI=1S/C18H19NO2S/c1-12-6-16-15(8-18(20)21-17(16)7-13(12)2)10-19(3)9-14-4-5-22-11-14/h4-8,11H,9-10H2,1-3H3. The first kappa shape index (κ1) is 15.0. The molecule has 2 aromatic heterocycles. The molecule has 0 bridgehead atoms. The summed E-state index contributed by atoms with van der Waals surface area (Å²) in [4.78, 5) is 14.0. The fourth-order valence-corrected chi connectivity index (χ4v) is 3.31. The molecule has 0 spiro atoms. The van der Waals surface area contributed by atoms with Crippen LogP contribution in [-0.4, -0.2) is 11.9 Å². The van der Waals surface area contributed by atoms with Crippen LogP contribution in [0.25, 0.3) is 11.0 Å². The van der Waals surface area contributed by atoms with Gasteiger partial charge in [0.15, 0.2) is 0 Å². The van der Waals surface area contributed by atoms with Crippen molar-refractivity contribution in [2.45, 2.75) is 26.9 Å². The maximum Gasteiger partial charge on any atom is 0.336 e. The summed E-state index contributed by atoms with van der Waals surface area (Å²) in [5, 5.41) is 5.27. The average Bonchev–Trinajstić information content (AvgIpc) is 2.93. The zero-order chi connectivity index (χ0) is 15.7. The molecule has 0 N–H and O–H groups in total. The maximum atomic E-state index is 11.8. The summed E-state index contributed by atoms with van der Waals surface area (Å²) in [5.74, 6) is 0. The number of hydrogen-bond acceptors (Lipinski definition) is 4. The molecular weight excluding hydrogens is 294 g/mol. The Morgan fingerprint density at radius 2 is 1.91 bits per heavy atom. The van der Waals surface area contributed by atoms with Gasteiger partial charge in [-0.1, -0.05) is 0 Å². The highest BCUT2D eigenvalue weighted by molar-refractivity contribution is 7.07. The van der Waals surface area contributed by atoms with Crippen molar-refractivity contribution in [3.05, 3.63) is 67.7 Å². The highest BCUT2D eigenvalue weighted by Crippen LogP contribution is 2.23. The maximum absolute atomic E-state index is 11.8. The first-order chi connectivity index (χ1) is 10.5. The van der Waals surface area contributed by atoms with Gasteiger partial charge in [-0.3, -0.25) is 4.90 Å². The van der Waals surface area contributed by atoms with E-state index in [2.05, 4.69) is 41.8 Å². The van der Waals surface area contributed by atoms with Gasteiger partial charge in [0.2, 0.25) is 0 Å². The van der Waals surface area contributed by atoms with Crippen molar-refractivity contribution in [2.24, 2.45) is 0 Å². The summed E-state index contributed by atoms with van der Waals surface area (Å²) in [7, 11) is 2.07. The molecule has 1 aromatic carbocycles. The van der Waals surface area contributed by atoms with Gasteiger partial charge in [-0.15, -0.1) is 0 Å². The lowest BCUT2D eigenvalue weighted by atomic mass is 10.0. The molecule has 0 amide bonds. The van der Waals surface area contributed by atoms with Crippen LogP contribution in [0, 0.1) is 13.8 Å². The number of hydrogen-bond donors (Lipinski definition) is 0. The molecule has 0 radical (unpaired) electrons. The van der Waals surface area contributed by atoms with E-state index < -0.39 is 0 Å². The van der Waals surface area contributed by atoms with Gasteiger partial charge < -0.3 is 4.42 Å². The second-order valence-corrected chi connectivity index (χ2v) is 6.61. The van der Waals surface area contributed by atoms with Crippen molar-refractivity contribution >= 4 is 22.3 Å². The van der Waals surface area contributed by atoms with E-state index in [-0.39, 0.29) is 5.63 Å². The number of benzene rings is 1. The van der Waals surface area contributed by atoms with E-state index in [1.807, 2.05) is 13.0 Å². The summed E-state index contributed by atoms with van der Waals surface area (Å²) in [5.41, 5.74) is 5.06. The van der Waals surface area contributed by atoms with Crippen LogP contribution in [0.5, 0.6) is 0 Å². The minimum atomic E-state index is -0.283. The van der Waals surface area contributed by atoms with Crippen LogP contribution in [0.1, 0.15) is 22.3 Å². The number of rotatable bonds is 4. The largest absolute Gasteiger partial charge is 0.423 e. The van der Waals surface area contributed by atoms with Gasteiger partial charge in [0, 0.05) is 24.5 Å². The SMILES string of the molecule is Cc1cc2oc(=O)cc(CN(C)Cc3ccsc3)c2cc1C. The van der Waals surface area contributed by atoms with Crippen molar-refractivity contribution < 1.29 is 4.42 Å². The molecule has 0 aliphatic carbocycles. The fourth-order valence-electron chi connectivity index (χ4n) is 2.65. The lowest BCUT2D eigenvalue weighted by Crippen LogP contribution is -2.18. The molecule has 0 saturated carbocycles. The van der Waals surface area contributed by atoms with Crippen molar-refractivity contribution in [1.82, 2.24) is 4.90 Å². The minimum absolute atomic E-state index is 0.283. The molecule has 0 aliphatic rings. The second-order valence-electron chi connectivity index (χ2n) is 5.83. The Bertz CT molecular complexity index is 849. The zero-order valence-corrected chi connectivity index (χ0v) is 13.9. The lowest BCUT2D eigenvalue weighted by molar-refractivity contribution is 0.320. The molecular formula is C18H19NO2S. The molecule has 3 nitrogen and oxygen atoms in total. The average molecular weight is 313 g/mol. The number of fused-ring (bicyclic) bond motifs is 1. The Hall–Kier alpha value is -1.91. The van der Waals surface area contributed by atoms with Crippen molar-refractivity contribution in [2.75, 3.05) is 7.05 Å². The van der Waals surface area contributed by atoms with E-state index in [1.165, 1.54) is 11.1 Å². The number of nitrogens with zero attached hydrogens (tertiary/aromatic N) is 1. The zero-order valence-electron chi connectivity index (χ0n) is 13.1. The summed E-state index contributed by atoms with van der Waals surface area (Å²) in [6.07, 6.45) is 0. The summed E-state index contributed by atoms with van der Waals surface area (Å²) < 4.78 is 5.35. The monoisotopic (exact) mass is 313 g/mol. The van der Waals surface area contributed by atoms with Crippen LogP contribution >= 0.6 is 11.3 Å². The Balaban J connectivity index is 1.95. The lowest BCUT2D eigenvalue weighted by Gasteiger charge is -2.17. The van der Waals surface area contributed by atoms with Crippen molar-refractivity contribution in [3.8, 4) is 0 Å². The molecule has 3 aromatic rings. The predicted molar refractivity (Wildman–Crippen MR) is 91.4 cm³/mol. The molecule has 4 heteroatoms. The molecule has 114 valence electrons. The quantitative estimate of drug-likeness (QED) is 0.680. The van der Waals surface area contributed by atoms with Gasteiger partial charge in [0.05, 0.1) is 0 Å². The number of thiophene rings is 1. The third kappa shape index (κ3) is 3.13. The first-order valence-corrected chi connectivity index (χ1v) is 8.21. The fraction of sp³-hybridized carbons (Fsp3) is 0.278. The minimum Gasteiger partial charge on any atom is -0.423 e. The van der Waals surface area contributed by atoms with Crippen molar-refractivity contribution in [3.63, 3.8) is 0 Å². The van der Waals surface area contributed by atoms with Crippen LogP contribution in [0.3, 0.4) is 0 Å². The molecule has 2 heterocycles. The molecule has 3 rings (SSSR count). The Kier molecular flexibility index (Phi) is 4.14. The van der Waals surface area contributed by atoms with Crippen LogP contribution < -0.4 is 5.63 Å². The highest BCUT2D eigenvalue weighted by atomic mass is 32.1. The van der Waals surface area contributed by atoms with E-state index in [1.54, 1.807) is 17.4 Å². The first-order valence-electron chi connectivity index (χ1n) is 7.26. The Morgan fingerprint density at radius 3 is 2.64 bits per heavy atom. The van der Waals surface area contributed by atoms with Crippen LogP contribution in [0.15, 0.2) is 44.2 Å². The van der Waals surface area contributed by atoms with Gasteiger partial charge in [-0.2, -0.15) is 11.3 Å². The van der Waals surface area contributed by atoms with Crippen LogP contribution in [0.4, 0.5) is 0 Å². The summed E-state index contributed by atoms with van der Waals surface area (Å²) in [6.45, 7) is 5.71. The van der Waals surface area contributed by atoms with Crippen LogP contribution in [0.2, 0.25) is 0 Å². The topological polar surface area (TPSA) is 33.5 Å². The summed E-state index contributed by atoms with van der Waals surface area (Å²) >= 11 is 1.70. The molecule has 0 atom stereocenters. The van der Waals surface area contributed by atoms with Crippen molar-refractivity contribution in [1.29, 1.82) is 0 Å². The Labute approximate surface area is 133 Å². The van der Waals surface area contributed by atoms with Crippen LogP contribution in [-0.2, 0) is 13.1 Å². The molecule has 0 fully saturated rings. The number of aryl methyl sites for hydroxylation is 2. The Morgan fingerprint density at radius 1 is 1.14 bits per heavy atom. The van der Waals surface area contributed by atoms with E-state index in [9.17, 15) is 4.79 Å². The summed E-state index contributed by atoms with van der Waals surface area (Å²) in [6, 6.07) is 7.81. The van der Waals surface area contributed by atoms with E-state index >= 15 is 0 Å².